The van der Waals surface area contributed by atoms with Crippen molar-refractivity contribution in [2.45, 2.75) is 19.6 Å². The SMILES string of the molecule is CN(C)CCCNCc1ccc(OCc2ccc(Cl)cc2)c(Br)c1. The van der Waals surface area contributed by atoms with Gasteiger partial charge >= 0.3 is 0 Å². The summed E-state index contributed by atoms with van der Waals surface area (Å²) >= 11 is 9.49. The molecule has 0 atom stereocenters. The second-order valence-electron chi connectivity index (χ2n) is 6.01. The lowest BCUT2D eigenvalue weighted by atomic mass is 10.2. The molecule has 0 saturated heterocycles. The topological polar surface area (TPSA) is 24.5 Å². The highest BCUT2D eigenvalue weighted by Gasteiger charge is 2.04. The molecular formula is C19H24BrClN2O. The molecule has 0 aliphatic rings. The normalized spacial score (nSPS) is 11.0. The molecule has 0 bridgehead atoms. The fourth-order valence-corrected chi connectivity index (χ4v) is 2.93. The molecule has 0 fully saturated rings. The average Bonchev–Trinajstić information content (AvgIpc) is 2.55. The second-order valence-corrected chi connectivity index (χ2v) is 7.30. The summed E-state index contributed by atoms with van der Waals surface area (Å²) in [6.07, 6.45) is 1.15. The van der Waals surface area contributed by atoms with Crippen molar-refractivity contribution in [2.24, 2.45) is 0 Å². The van der Waals surface area contributed by atoms with Crippen molar-refractivity contribution in [1.29, 1.82) is 0 Å². The first kappa shape index (κ1) is 19.3. The molecule has 0 saturated carbocycles. The molecular weight excluding hydrogens is 388 g/mol. The summed E-state index contributed by atoms with van der Waals surface area (Å²) in [5, 5.41) is 4.20. The fraction of sp³-hybridized carbons (Fsp3) is 0.368. The van der Waals surface area contributed by atoms with E-state index in [1.165, 1.54) is 5.56 Å². The summed E-state index contributed by atoms with van der Waals surface area (Å²) in [5.41, 5.74) is 2.34. The van der Waals surface area contributed by atoms with Crippen molar-refractivity contribution >= 4 is 27.5 Å². The summed E-state index contributed by atoms with van der Waals surface area (Å²) in [6.45, 7) is 3.51. The number of ether oxygens (including phenoxy) is 1. The van der Waals surface area contributed by atoms with Crippen LogP contribution in [0.25, 0.3) is 0 Å². The number of nitrogens with one attached hydrogen (secondary N) is 1. The van der Waals surface area contributed by atoms with E-state index in [1.807, 2.05) is 30.3 Å². The summed E-state index contributed by atoms with van der Waals surface area (Å²) < 4.78 is 6.85. The third kappa shape index (κ3) is 6.81. The number of hydrogen-bond donors (Lipinski definition) is 1. The van der Waals surface area contributed by atoms with Crippen molar-refractivity contribution in [3.8, 4) is 5.75 Å². The molecule has 24 heavy (non-hydrogen) atoms. The molecule has 0 aliphatic carbocycles. The van der Waals surface area contributed by atoms with Gasteiger partial charge in [-0.05, 0) is 84.9 Å². The first-order valence-corrected chi connectivity index (χ1v) is 9.23. The highest BCUT2D eigenvalue weighted by Crippen LogP contribution is 2.27. The Labute approximate surface area is 158 Å². The van der Waals surface area contributed by atoms with Crippen LogP contribution in [0.15, 0.2) is 46.9 Å². The van der Waals surface area contributed by atoms with Crippen LogP contribution in [0.4, 0.5) is 0 Å². The predicted molar refractivity (Wildman–Crippen MR) is 105 cm³/mol. The molecule has 0 radical (unpaired) electrons. The van der Waals surface area contributed by atoms with E-state index in [0.717, 1.165) is 46.9 Å². The van der Waals surface area contributed by atoms with Crippen LogP contribution in [0.5, 0.6) is 5.75 Å². The summed E-state index contributed by atoms with van der Waals surface area (Å²) in [6, 6.07) is 13.9. The lowest BCUT2D eigenvalue weighted by Gasteiger charge is -2.12. The zero-order valence-corrected chi connectivity index (χ0v) is 16.5. The first-order chi connectivity index (χ1) is 11.5. The van der Waals surface area contributed by atoms with Crippen LogP contribution >= 0.6 is 27.5 Å². The van der Waals surface area contributed by atoms with Crippen LogP contribution in [0.3, 0.4) is 0 Å². The van der Waals surface area contributed by atoms with Crippen LogP contribution in [0.2, 0.25) is 5.02 Å². The van der Waals surface area contributed by atoms with Gasteiger partial charge in [0, 0.05) is 11.6 Å². The molecule has 2 aromatic rings. The Kier molecular flexibility index (Phi) is 8.06. The molecule has 130 valence electrons. The number of nitrogens with zero attached hydrogens (tertiary/aromatic N) is 1. The molecule has 0 amide bonds. The molecule has 2 rings (SSSR count). The number of hydrogen-bond acceptors (Lipinski definition) is 3. The Morgan fingerprint density at radius 2 is 1.79 bits per heavy atom. The Bertz CT molecular complexity index is 632. The molecule has 3 nitrogen and oxygen atoms in total. The molecule has 0 unspecified atom stereocenters. The van der Waals surface area contributed by atoms with Crippen LogP contribution in [0, 0.1) is 0 Å². The lowest BCUT2D eigenvalue weighted by Crippen LogP contribution is -2.21. The van der Waals surface area contributed by atoms with Crippen LogP contribution in [-0.2, 0) is 13.2 Å². The maximum absolute atomic E-state index is 5.89. The maximum atomic E-state index is 5.89. The van der Waals surface area contributed by atoms with Crippen LogP contribution in [0.1, 0.15) is 17.5 Å². The van der Waals surface area contributed by atoms with Gasteiger partial charge in [0.1, 0.15) is 12.4 Å². The highest BCUT2D eigenvalue weighted by atomic mass is 79.9. The van der Waals surface area contributed by atoms with E-state index in [9.17, 15) is 0 Å². The summed E-state index contributed by atoms with van der Waals surface area (Å²) in [5.74, 6) is 0.848. The molecule has 0 aromatic heterocycles. The molecule has 0 heterocycles. The Balaban J connectivity index is 1.80. The van der Waals surface area contributed by atoms with E-state index < -0.39 is 0 Å². The zero-order valence-electron chi connectivity index (χ0n) is 14.2. The quantitative estimate of drug-likeness (QED) is 0.604. The van der Waals surface area contributed by atoms with E-state index in [1.54, 1.807) is 0 Å². The van der Waals surface area contributed by atoms with Crippen molar-refractivity contribution < 1.29 is 4.74 Å². The fourth-order valence-electron chi connectivity index (χ4n) is 2.27. The van der Waals surface area contributed by atoms with Gasteiger partial charge in [-0.2, -0.15) is 0 Å². The van der Waals surface area contributed by atoms with Crippen molar-refractivity contribution in [1.82, 2.24) is 10.2 Å². The van der Waals surface area contributed by atoms with Gasteiger partial charge in [0.15, 0.2) is 0 Å². The van der Waals surface area contributed by atoms with E-state index in [0.29, 0.717) is 6.61 Å². The van der Waals surface area contributed by atoms with Gasteiger partial charge in [0.05, 0.1) is 4.47 Å². The lowest BCUT2D eigenvalue weighted by molar-refractivity contribution is 0.304. The summed E-state index contributed by atoms with van der Waals surface area (Å²) in [7, 11) is 4.19. The standard InChI is InChI=1S/C19H24BrClN2O/c1-23(2)11-3-10-22-13-16-6-9-19(18(20)12-16)24-14-15-4-7-17(21)8-5-15/h4-9,12,22H,3,10-11,13-14H2,1-2H3. The Morgan fingerprint density at radius 3 is 2.46 bits per heavy atom. The average molecular weight is 412 g/mol. The third-order valence-corrected chi connectivity index (χ3v) is 4.46. The van der Waals surface area contributed by atoms with Gasteiger partial charge in [-0.25, -0.2) is 0 Å². The minimum absolute atomic E-state index is 0.526. The van der Waals surface area contributed by atoms with Gasteiger partial charge in [-0.15, -0.1) is 0 Å². The van der Waals surface area contributed by atoms with Gasteiger partial charge in [0.2, 0.25) is 0 Å². The minimum atomic E-state index is 0.526. The van der Waals surface area contributed by atoms with Crippen molar-refractivity contribution in [2.75, 3.05) is 27.2 Å². The molecule has 0 spiro atoms. The molecule has 2 aromatic carbocycles. The number of benzene rings is 2. The highest BCUT2D eigenvalue weighted by molar-refractivity contribution is 9.10. The third-order valence-electron chi connectivity index (χ3n) is 3.59. The predicted octanol–water partition coefficient (Wildman–Crippen LogP) is 4.72. The zero-order chi connectivity index (χ0) is 17.4. The van der Waals surface area contributed by atoms with Crippen molar-refractivity contribution in [3.63, 3.8) is 0 Å². The monoisotopic (exact) mass is 410 g/mol. The van der Waals surface area contributed by atoms with E-state index in [4.69, 9.17) is 16.3 Å². The van der Waals surface area contributed by atoms with E-state index >= 15 is 0 Å². The summed E-state index contributed by atoms with van der Waals surface area (Å²) in [4.78, 5) is 2.20. The van der Waals surface area contributed by atoms with Gasteiger partial charge in [-0.1, -0.05) is 29.8 Å². The van der Waals surface area contributed by atoms with Crippen LogP contribution in [-0.4, -0.2) is 32.1 Å². The Hall–Kier alpha value is -1.07. The van der Waals surface area contributed by atoms with Gasteiger partial charge in [0.25, 0.3) is 0 Å². The molecule has 5 heteroatoms. The van der Waals surface area contributed by atoms with Crippen LogP contribution < -0.4 is 10.1 Å². The van der Waals surface area contributed by atoms with E-state index in [2.05, 4.69) is 52.4 Å². The molecule has 1 N–H and O–H groups in total. The maximum Gasteiger partial charge on any atom is 0.134 e. The first-order valence-electron chi connectivity index (χ1n) is 8.06. The van der Waals surface area contributed by atoms with E-state index in [-0.39, 0.29) is 0 Å². The molecule has 0 aliphatic heterocycles. The largest absolute Gasteiger partial charge is 0.488 e. The smallest absolute Gasteiger partial charge is 0.134 e. The Morgan fingerprint density at radius 1 is 1.08 bits per heavy atom. The number of rotatable bonds is 9. The number of halogens is 2. The minimum Gasteiger partial charge on any atom is -0.488 e. The van der Waals surface area contributed by atoms with Gasteiger partial charge in [-0.3, -0.25) is 0 Å². The van der Waals surface area contributed by atoms with Gasteiger partial charge < -0.3 is 15.0 Å². The van der Waals surface area contributed by atoms with Crippen molar-refractivity contribution in [3.05, 3.63) is 63.1 Å². The second kappa shape index (κ2) is 10.0.